The number of hydrogen-bond acceptors (Lipinski definition) is 5. The first-order chi connectivity index (χ1) is 11.8. The molecule has 24 heavy (non-hydrogen) atoms. The third kappa shape index (κ3) is 3.20. The molecule has 2 aromatic carbocycles. The molecule has 2 heterocycles. The fourth-order valence-electron chi connectivity index (χ4n) is 2.39. The van der Waals surface area contributed by atoms with Gasteiger partial charge in [0.15, 0.2) is 5.82 Å². The molecule has 0 aliphatic carbocycles. The molecule has 120 valence electrons. The second kappa shape index (κ2) is 6.75. The van der Waals surface area contributed by atoms with Crippen LogP contribution in [0.15, 0.2) is 54.6 Å². The fourth-order valence-corrected chi connectivity index (χ4v) is 4.15. The van der Waals surface area contributed by atoms with Gasteiger partial charge in [-0.15, -0.1) is 22.0 Å². The Balaban J connectivity index is 1.51. The highest BCUT2D eigenvalue weighted by Gasteiger charge is 2.12. The Morgan fingerprint density at radius 1 is 0.958 bits per heavy atom. The monoisotopic (exact) mass is 352 g/mol. The van der Waals surface area contributed by atoms with Gasteiger partial charge in [0.25, 0.3) is 0 Å². The molecule has 4 nitrogen and oxygen atoms in total. The van der Waals surface area contributed by atoms with Crippen LogP contribution in [0.1, 0.15) is 17.0 Å². The van der Waals surface area contributed by atoms with E-state index < -0.39 is 0 Å². The van der Waals surface area contributed by atoms with Crippen LogP contribution in [0.5, 0.6) is 0 Å². The first kappa shape index (κ1) is 15.4. The molecule has 0 unspecified atom stereocenters. The molecule has 0 aliphatic heterocycles. The Morgan fingerprint density at radius 2 is 1.75 bits per heavy atom. The molecule has 0 saturated heterocycles. The molecular formula is C18H16N4S2. The molecule has 4 rings (SSSR count). The largest absolute Gasteiger partial charge is 0.235 e. The maximum absolute atomic E-state index is 4.70. The van der Waals surface area contributed by atoms with Crippen molar-refractivity contribution in [3.05, 3.63) is 71.5 Å². The molecule has 0 radical (unpaired) electrons. The molecule has 0 saturated carbocycles. The van der Waals surface area contributed by atoms with E-state index in [0.717, 1.165) is 32.9 Å². The van der Waals surface area contributed by atoms with Crippen LogP contribution in [0, 0.1) is 6.92 Å². The van der Waals surface area contributed by atoms with E-state index in [-0.39, 0.29) is 0 Å². The second-order valence-corrected chi connectivity index (χ2v) is 7.50. The minimum atomic E-state index is 0.799. The van der Waals surface area contributed by atoms with Crippen LogP contribution in [-0.4, -0.2) is 19.8 Å². The van der Waals surface area contributed by atoms with Gasteiger partial charge in [0.05, 0.1) is 5.75 Å². The SMILES string of the molecule is Cc1ccc(-c2nn3c(CSCc4ccccc4)nnc3s2)cc1. The number of hydrogen-bond donors (Lipinski definition) is 0. The Bertz CT molecular complexity index is 942. The summed E-state index contributed by atoms with van der Waals surface area (Å²) in [6.45, 7) is 2.09. The summed E-state index contributed by atoms with van der Waals surface area (Å²) in [5, 5.41) is 14.2. The highest BCUT2D eigenvalue weighted by Crippen LogP contribution is 2.26. The van der Waals surface area contributed by atoms with Crippen molar-refractivity contribution in [1.82, 2.24) is 19.8 Å². The molecule has 0 spiro atoms. The molecule has 0 N–H and O–H groups in total. The lowest BCUT2D eigenvalue weighted by Gasteiger charge is -2.00. The summed E-state index contributed by atoms with van der Waals surface area (Å²) in [6, 6.07) is 18.9. The molecular weight excluding hydrogens is 336 g/mol. The Labute approximate surface area is 148 Å². The Kier molecular flexibility index (Phi) is 4.32. The number of fused-ring (bicyclic) bond motifs is 1. The summed E-state index contributed by atoms with van der Waals surface area (Å²) in [4.78, 5) is 0.848. The number of benzene rings is 2. The van der Waals surface area contributed by atoms with Crippen molar-refractivity contribution < 1.29 is 0 Å². The zero-order valence-electron chi connectivity index (χ0n) is 13.2. The van der Waals surface area contributed by atoms with Gasteiger partial charge < -0.3 is 0 Å². The molecule has 4 aromatic rings. The average molecular weight is 352 g/mol. The predicted molar refractivity (Wildman–Crippen MR) is 100 cm³/mol. The van der Waals surface area contributed by atoms with Crippen LogP contribution in [0.2, 0.25) is 0 Å². The maximum atomic E-state index is 4.70. The molecule has 0 fully saturated rings. The van der Waals surface area contributed by atoms with Gasteiger partial charge in [0, 0.05) is 11.3 Å². The molecule has 0 bridgehead atoms. The summed E-state index contributed by atoms with van der Waals surface area (Å²) < 4.78 is 1.87. The normalized spacial score (nSPS) is 11.2. The van der Waals surface area contributed by atoms with E-state index in [0.29, 0.717) is 0 Å². The predicted octanol–water partition coefficient (Wildman–Crippen LogP) is 4.59. The zero-order chi connectivity index (χ0) is 16.4. The first-order valence-electron chi connectivity index (χ1n) is 7.69. The van der Waals surface area contributed by atoms with E-state index in [4.69, 9.17) is 5.10 Å². The minimum absolute atomic E-state index is 0.799. The number of thioether (sulfide) groups is 1. The van der Waals surface area contributed by atoms with Crippen molar-refractivity contribution in [3.63, 3.8) is 0 Å². The lowest BCUT2D eigenvalue weighted by atomic mass is 10.2. The van der Waals surface area contributed by atoms with Gasteiger partial charge >= 0.3 is 0 Å². The minimum Gasteiger partial charge on any atom is -0.186 e. The van der Waals surface area contributed by atoms with Gasteiger partial charge in [-0.25, -0.2) is 0 Å². The molecule has 0 amide bonds. The van der Waals surface area contributed by atoms with Crippen molar-refractivity contribution >= 4 is 28.1 Å². The van der Waals surface area contributed by atoms with E-state index in [1.807, 2.05) is 22.3 Å². The number of rotatable bonds is 5. The van der Waals surface area contributed by atoms with Gasteiger partial charge in [-0.1, -0.05) is 71.5 Å². The van der Waals surface area contributed by atoms with E-state index in [1.54, 1.807) is 11.3 Å². The lowest BCUT2D eigenvalue weighted by molar-refractivity contribution is 0.887. The first-order valence-corrected chi connectivity index (χ1v) is 9.66. The van der Waals surface area contributed by atoms with Crippen molar-refractivity contribution in [2.75, 3.05) is 0 Å². The zero-order valence-corrected chi connectivity index (χ0v) is 14.8. The van der Waals surface area contributed by atoms with Crippen LogP contribution < -0.4 is 0 Å². The van der Waals surface area contributed by atoms with Crippen LogP contribution in [0.4, 0.5) is 0 Å². The van der Waals surface area contributed by atoms with E-state index in [2.05, 4.69) is 65.7 Å². The van der Waals surface area contributed by atoms with E-state index in [1.165, 1.54) is 11.1 Å². The number of aryl methyl sites for hydroxylation is 1. The van der Waals surface area contributed by atoms with Gasteiger partial charge in [-0.3, -0.25) is 0 Å². The summed E-state index contributed by atoms with van der Waals surface area (Å²) in [5.41, 5.74) is 3.70. The van der Waals surface area contributed by atoms with Crippen molar-refractivity contribution in [2.45, 2.75) is 18.4 Å². The quantitative estimate of drug-likeness (QED) is 0.527. The molecule has 2 aromatic heterocycles. The third-order valence-electron chi connectivity index (χ3n) is 3.70. The standard InChI is InChI=1S/C18H16N4S2/c1-13-7-9-15(10-8-13)17-21-22-16(19-20-18(22)24-17)12-23-11-14-5-3-2-4-6-14/h2-10H,11-12H2,1H3. The van der Waals surface area contributed by atoms with Crippen LogP contribution in [-0.2, 0) is 11.5 Å². The fraction of sp³-hybridized carbons (Fsp3) is 0.167. The second-order valence-electron chi connectivity index (χ2n) is 5.56. The maximum Gasteiger partial charge on any atom is 0.235 e. The summed E-state index contributed by atoms with van der Waals surface area (Å²) >= 11 is 3.40. The third-order valence-corrected chi connectivity index (χ3v) is 5.64. The smallest absolute Gasteiger partial charge is 0.186 e. The number of aromatic nitrogens is 4. The van der Waals surface area contributed by atoms with Crippen LogP contribution in [0.3, 0.4) is 0 Å². The van der Waals surface area contributed by atoms with Gasteiger partial charge in [-0.2, -0.15) is 9.61 Å². The van der Waals surface area contributed by atoms with Gasteiger partial charge in [-0.05, 0) is 12.5 Å². The topological polar surface area (TPSA) is 43.1 Å². The Hall–Kier alpha value is -2.18. The summed E-state index contributed by atoms with van der Waals surface area (Å²) in [7, 11) is 0. The van der Waals surface area contributed by atoms with Gasteiger partial charge in [0.2, 0.25) is 4.96 Å². The van der Waals surface area contributed by atoms with E-state index >= 15 is 0 Å². The highest BCUT2D eigenvalue weighted by atomic mass is 32.2. The number of nitrogens with zero attached hydrogens (tertiary/aromatic N) is 4. The molecule has 0 atom stereocenters. The van der Waals surface area contributed by atoms with Crippen molar-refractivity contribution in [2.24, 2.45) is 0 Å². The summed E-state index contributed by atoms with van der Waals surface area (Å²) in [6.07, 6.45) is 0. The lowest BCUT2D eigenvalue weighted by Crippen LogP contribution is -1.94. The Morgan fingerprint density at radius 3 is 2.54 bits per heavy atom. The summed E-state index contributed by atoms with van der Waals surface area (Å²) in [5.74, 6) is 2.67. The molecule has 0 aliphatic rings. The van der Waals surface area contributed by atoms with Gasteiger partial charge in [0.1, 0.15) is 5.01 Å². The van der Waals surface area contributed by atoms with Crippen molar-refractivity contribution in [3.8, 4) is 10.6 Å². The molecule has 6 heteroatoms. The van der Waals surface area contributed by atoms with Crippen molar-refractivity contribution in [1.29, 1.82) is 0 Å². The average Bonchev–Trinajstić information content (AvgIpc) is 3.18. The van der Waals surface area contributed by atoms with Crippen LogP contribution >= 0.6 is 23.1 Å². The van der Waals surface area contributed by atoms with Crippen LogP contribution in [0.25, 0.3) is 15.5 Å². The van der Waals surface area contributed by atoms with E-state index in [9.17, 15) is 0 Å². The highest BCUT2D eigenvalue weighted by molar-refractivity contribution is 7.97.